The van der Waals surface area contributed by atoms with Crippen molar-refractivity contribution in [3.63, 3.8) is 0 Å². The highest BCUT2D eigenvalue weighted by Gasteiger charge is 2.24. The van der Waals surface area contributed by atoms with E-state index in [1.807, 2.05) is 6.08 Å². The quantitative estimate of drug-likeness (QED) is 0.613. The summed E-state index contributed by atoms with van der Waals surface area (Å²) < 4.78 is 0. The lowest BCUT2D eigenvalue weighted by Gasteiger charge is -2.39. The second-order valence-electron chi connectivity index (χ2n) is 6.68. The second-order valence-corrected chi connectivity index (χ2v) is 7.09. The van der Waals surface area contributed by atoms with Gasteiger partial charge in [0, 0.05) is 74.5 Å². The minimum atomic E-state index is 0.475. The van der Waals surface area contributed by atoms with Gasteiger partial charge >= 0.3 is 0 Å². The molecule has 1 unspecified atom stereocenters. The van der Waals surface area contributed by atoms with E-state index in [4.69, 9.17) is 11.6 Å². The van der Waals surface area contributed by atoms with Crippen LogP contribution in [0.1, 0.15) is 13.3 Å². The van der Waals surface area contributed by atoms with Gasteiger partial charge in [-0.2, -0.15) is 0 Å². The third kappa shape index (κ3) is 5.11. The predicted octanol–water partition coefficient (Wildman–Crippen LogP) is 2.26. The summed E-state index contributed by atoms with van der Waals surface area (Å²) in [6.45, 7) is 10.2. The molecule has 1 atom stereocenters. The first kappa shape index (κ1) is 19.5. The van der Waals surface area contributed by atoms with Gasteiger partial charge in [-0.15, -0.1) is 0 Å². The predicted molar refractivity (Wildman–Crippen MR) is 114 cm³/mol. The average molecular weight is 387 g/mol. The number of nitrogens with one attached hydrogen (secondary N) is 3. The maximum atomic E-state index is 6.46. The van der Waals surface area contributed by atoms with Crippen LogP contribution in [0.25, 0.3) is 0 Å². The Morgan fingerprint density at radius 2 is 2.30 bits per heavy atom. The molecule has 1 aliphatic carbocycles. The molecule has 0 aromatic heterocycles. The van der Waals surface area contributed by atoms with Crippen LogP contribution in [0.5, 0.6) is 0 Å². The van der Waals surface area contributed by atoms with Gasteiger partial charge in [-0.05, 0) is 31.4 Å². The third-order valence-corrected chi connectivity index (χ3v) is 5.14. The summed E-state index contributed by atoms with van der Waals surface area (Å²) in [6.07, 6.45) is 12.3. The zero-order valence-corrected chi connectivity index (χ0v) is 16.5. The topological polar surface area (TPSA) is 64.0 Å². The van der Waals surface area contributed by atoms with Crippen molar-refractivity contribution in [3.05, 3.63) is 58.8 Å². The van der Waals surface area contributed by atoms with Crippen LogP contribution in [0.15, 0.2) is 68.8 Å². The summed E-state index contributed by atoms with van der Waals surface area (Å²) in [5.41, 5.74) is 4.38. The van der Waals surface area contributed by atoms with Crippen molar-refractivity contribution in [2.24, 2.45) is 9.98 Å². The molecule has 0 saturated carbocycles. The second kappa shape index (κ2) is 9.58. The fraction of sp³-hybridized carbons (Fsp3) is 0.400. The minimum absolute atomic E-state index is 0.475. The minimum Gasteiger partial charge on any atom is -0.386 e. The molecule has 0 amide bonds. The van der Waals surface area contributed by atoms with Gasteiger partial charge in [0.25, 0.3) is 0 Å². The van der Waals surface area contributed by atoms with Crippen molar-refractivity contribution in [1.29, 1.82) is 0 Å². The molecule has 3 rings (SSSR count). The standard InChI is InChI=1S/C20H27ClN6/c1-15-12-24-9-10-27(15)20-5-6-23-14-19(20)26-13-16-3-4-17(11-18(16)21)25-8-7-22-2/h3,5,7-8,11,14-15,23-24,26H,2,4,6,9-10,12-13H2,1H3/b8-7-,25-17?. The summed E-state index contributed by atoms with van der Waals surface area (Å²) >= 11 is 6.46. The lowest BCUT2D eigenvalue weighted by atomic mass is 10.0. The Morgan fingerprint density at radius 1 is 1.41 bits per heavy atom. The summed E-state index contributed by atoms with van der Waals surface area (Å²) in [4.78, 5) is 10.4. The Bertz CT molecular complexity index is 744. The van der Waals surface area contributed by atoms with Crippen molar-refractivity contribution in [1.82, 2.24) is 20.9 Å². The van der Waals surface area contributed by atoms with Crippen molar-refractivity contribution < 1.29 is 0 Å². The Kier molecular flexibility index (Phi) is 6.90. The fourth-order valence-corrected chi connectivity index (χ4v) is 3.62. The van der Waals surface area contributed by atoms with E-state index in [-0.39, 0.29) is 0 Å². The monoisotopic (exact) mass is 386 g/mol. The molecule has 2 aliphatic heterocycles. The van der Waals surface area contributed by atoms with E-state index in [9.17, 15) is 0 Å². The highest BCUT2D eigenvalue weighted by Crippen LogP contribution is 2.23. The molecule has 3 N–H and O–H groups in total. The lowest BCUT2D eigenvalue weighted by molar-refractivity contribution is 0.224. The van der Waals surface area contributed by atoms with Gasteiger partial charge in [-0.25, -0.2) is 0 Å². The molecule has 0 aromatic rings. The van der Waals surface area contributed by atoms with Crippen molar-refractivity contribution >= 4 is 24.0 Å². The first-order valence-electron chi connectivity index (χ1n) is 9.28. The molecule has 3 aliphatic rings. The third-order valence-electron chi connectivity index (χ3n) is 4.79. The zero-order valence-electron chi connectivity index (χ0n) is 15.7. The molecule has 7 heteroatoms. The van der Waals surface area contributed by atoms with Gasteiger partial charge in [0.1, 0.15) is 0 Å². The molecule has 6 nitrogen and oxygen atoms in total. The Morgan fingerprint density at radius 3 is 3.07 bits per heavy atom. The van der Waals surface area contributed by atoms with Crippen LogP contribution in [0.4, 0.5) is 0 Å². The molecule has 0 aromatic carbocycles. The normalized spacial score (nSPS) is 24.7. The number of rotatable bonds is 6. The van der Waals surface area contributed by atoms with Crippen molar-refractivity contribution in [2.75, 3.05) is 32.7 Å². The fourth-order valence-electron chi connectivity index (χ4n) is 3.35. The van der Waals surface area contributed by atoms with Gasteiger partial charge < -0.3 is 20.9 Å². The molecule has 1 fully saturated rings. The summed E-state index contributed by atoms with van der Waals surface area (Å²) in [5.74, 6) is 0. The maximum absolute atomic E-state index is 6.46. The number of piperazine rings is 1. The molecule has 144 valence electrons. The van der Waals surface area contributed by atoms with E-state index in [0.717, 1.165) is 54.6 Å². The van der Waals surface area contributed by atoms with Crippen LogP contribution < -0.4 is 16.0 Å². The van der Waals surface area contributed by atoms with Gasteiger partial charge in [0.05, 0.1) is 11.4 Å². The summed E-state index contributed by atoms with van der Waals surface area (Å²) in [5, 5.41) is 11.0. The summed E-state index contributed by atoms with van der Waals surface area (Å²) in [7, 11) is 0. The van der Waals surface area contributed by atoms with Gasteiger partial charge in [0.15, 0.2) is 0 Å². The molecule has 0 spiro atoms. The first-order valence-corrected chi connectivity index (χ1v) is 9.66. The van der Waals surface area contributed by atoms with Gasteiger partial charge in [0.2, 0.25) is 0 Å². The molecule has 0 bridgehead atoms. The first-order chi connectivity index (χ1) is 13.2. The Hall–Kier alpha value is -2.31. The Labute approximate surface area is 166 Å². The highest BCUT2D eigenvalue weighted by atomic mass is 35.5. The number of nitrogens with zero attached hydrogens (tertiary/aromatic N) is 3. The lowest BCUT2D eigenvalue weighted by Crippen LogP contribution is -2.50. The smallest absolute Gasteiger partial charge is 0.0737 e. The molecule has 1 saturated heterocycles. The zero-order chi connectivity index (χ0) is 19.1. The highest BCUT2D eigenvalue weighted by molar-refractivity contribution is 6.34. The molecule has 2 heterocycles. The number of dihydropyridines is 1. The average Bonchev–Trinajstić information content (AvgIpc) is 2.68. The number of hydrogen-bond donors (Lipinski definition) is 3. The number of hydrogen-bond acceptors (Lipinski definition) is 6. The van der Waals surface area contributed by atoms with Gasteiger partial charge in [-0.1, -0.05) is 17.7 Å². The number of halogens is 1. The van der Waals surface area contributed by atoms with E-state index < -0.39 is 0 Å². The Balaban J connectivity index is 1.62. The largest absolute Gasteiger partial charge is 0.386 e. The van der Waals surface area contributed by atoms with Crippen LogP contribution in [-0.4, -0.2) is 56.1 Å². The number of allylic oxidation sites excluding steroid dienone is 2. The number of aliphatic imine (C=N–C) groups is 2. The van der Waals surface area contributed by atoms with E-state index in [0.29, 0.717) is 12.6 Å². The summed E-state index contributed by atoms with van der Waals surface area (Å²) in [6, 6.07) is 0.475. The van der Waals surface area contributed by atoms with Gasteiger partial charge in [-0.3, -0.25) is 9.98 Å². The van der Waals surface area contributed by atoms with Crippen molar-refractivity contribution in [3.8, 4) is 0 Å². The van der Waals surface area contributed by atoms with E-state index in [2.05, 4.69) is 62.8 Å². The SMILES string of the molecule is C=N/C=C\N=C1C=C(Cl)C(CNC2=CNCC=C2N2CCNCC2C)=CC1. The van der Waals surface area contributed by atoms with Crippen LogP contribution in [0.3, 0.4) is 0 Å². The molecular formula is C20H27ClN6. The van der Waals surface area contributed by atoms with E-state index in [1.165, 1.54) is 5.70 Å². The van der Waals surface area contributed by atoms with Crippen LogP contribution in [0.2, 0.25) is 0 Å². The molecular weight excluding hydrogens is 360 g/mol. The van der Waals surface area contributed by atoms with Crippen molar-refractivity contribution in [2.45, 2.75) is 19.4 Å². The maximum Gasteiger partial charge on any atom is 0.0737 e. The van der Waals surface area contributed by atoms with Crippen LogP contribution >= 0.6 is 11.6 Å². The van der Waals surface area contributed by atoms with E-state index in [1.54, 1.807) is 12.4 Å². The molecule has 27 heavy (non-hydrogen) atoms. The van der Waals surface area contributed by atoms with E-state index >= 15 is 0 Å². The van der Waals surface area contributed by atoms with Crippen LogP contribution in [-0.2, 0) is 0 Å². The van der Waals surface area contributed by atoms with Crippen LogP contribution in [0, 0.1) is 0 Å². The molecule has 0 radical (unpaired) electrons.